The summed E-state index contributed by atoms with van der Waals surface area (Å²) >= 11 is 0. The summed E-state index contributed by atoms with van der Waals surface area (Å²) in [6, 6.07) is -1.86. The number of β-lactam (4-membered cyclic amide) rings is 1. The van der Waals surface area contributed by atoms with Gasteiger partial charge < -0.3 is 10.1 Å². The van der Waals surface area contributed by atoms with Crippen molar-refractivity contribution in [1.82, 2.24) is 9.62 Å². The summed E-state index contributed by atoms with van der Waals surface area (Å²) in [6.07, 6.45) is -0.817. The van der Waals surface area contributed by atoms with Gasteiger partial charge in [0.1, 0.15) is 11.6 Å². The van der Waals surface area contributed by atoms with Crippen LogP contribution >= 0.6 is 0 Å². The molecule has 0 radical (unpaired) electrons. The number of ether oxygens (including phenoxy) is 1. The van der Waals surface area contributed by atoms with E-state index in [2.05, 4.69) is 5.32 Å². The van der Waals surface area contributed by atoms with E-state index in [1.54, 1.807) is 20.8 Å². The van der Waals surface area contributed by atoms with Crippen LogP contribution in [-0.4, -0.2) is 47.0 Å². The molecule has 9 heteroatoms. The number of nitrogens with one attached hydrogen (secondary N) is 1. The second-order valence-corrected chi connectivity index (χ2v) is 6.27. The molecule has 18 heavy (non-hydrogen) atoms. The highest BCUT2D eigenvalue weighted by atomic mass is 32.2. The summed E-state index contributed by atoms with van der Waals surface area (Å²) in [5.74, 6) is -0.893. The first kappa shape index (κ1) is 14.7. The lowest BCUT2D eigenvalue weighted by molar-refractivity contribution is -0.141. The molecule has 104 valence electrons. The molecule has 0 saturated carbocycles. The lowest BCUT2D eigenvalue weighted by Crippen LogP contribution is -2.70. The Hall–Kier alpha value is -1.35. The number of hydrogen-bond donors (Lipinski definition) is 2. The number of rotatable bonds is 2. The summed E-state index contributed by atoms with van der Waals surface area (Å²) < 4.78 is 35.6. The molecule has 0 bridgehead atoms. The predicted octanol–water partition coefficient (Wildman–Crippen LogP) is -0.0868. The van der Waals surface area contributed by atoms with Crippen LogP contribution in [0, 0.1) is 0 Å². The molecule has 1 heterocycles. The molecular weight excluding hydrogens is 264 g/mol. The van der Waals surface area contributed by atoms with Gasteiger partial charge >= 0.3 is 16.4 Å². The van der Waals surface area contributed by atoms with E-state index >= 15 is 0 Å². The van der Waals surface area contributed by atoms with E-state index in [0.29, 0.717) is 4.31 Å². The van der Waals surface area contributed by atoms with E-state index in [1.807, 2.05) is 0 Å². The third-order valence-corrected chi connectivity index (χ3v) is 3.27. The zero-order chi connectivity index (χ0) is 14.3. The molecule has 2 N–H and O–H groups in total. The van der Waals surface area contributed by atoms with E-state index < -0.39 is 40.0 Å². The number of hydrogen-bond acceptors (Lipinski definition) is 5. The fourth-order valence-electron chi connectivity index (χ4n) is 1.54. The van der Waals surface area contributed by atoms with E-state index in [0.717, 1.165) is 0 Å². The predicted molar refractivity (Wildman–Crippen MR) is 61.0 cm³/mol. The molecule has 8 nitrogen and oxygen atoms in total. The number of alkyl carbamates (subject to hydrolysis) is 1. The Morgan fingerprint density at radius 2 is 1.94 bits per heavy atom. The van der Waals surface area contributed by atoms with Crippen molar-refractivity contribution in [3.05, 3.63) is 0 Å². The Kier molecular flexibility index (Phi) is 3.59. The van der Waals surface area contributed by atoms with Crippen LogP contribution in [0.3, 0.4) is 0 Å². The zero-order valence-corrected chi connectivity index (χ0v) is 11.3. The maximum absolute atomic E-state index is 11.4. The minimum absolute atomic E-state index is 0.301. The summed E-state index contributed by atoms with van der Waals surface area (Å²) in [5, 5.41) is 2.25. The normalized spacial score (nSPS) is 24.5. The van der Waals surface area contributed by atoms with Gasteiger partial charge in [0.25, 0.3) is 5.91 Å². The van der Waals surface area contributed by atoms with Crippen LogP contribution in [0.25, 0.3) is 0 Å². The van der Waals surface area contributed by atoms with Gasteiger partial charge in [-0.25, -0.2) is 9.10 Å². The highest BCUT2D eigenvalue weighted by Gasteiger charge is 2.51. The largest absolute Gasteiger partial charge is 0.444 e. The first-order valence-corrected chi connectivity index (χ1v) is 6.63. The number of carbonyl (C=O) groups excluding carboxylic acids is 2. The average Bonchev–Trinajstić information content (AvgIpc) is 2.09. The molecule has 1 rings (SSSR count). The van der Waals surface area contributed by atoms with Gasteiger partial charge in [-0.05, 0) is 27.7 Å². The molecule has 0 unspecified atom stereocenters. The first-order chi connectivity index (χ1) is 7.93. The fourth-order valence-corrected chi connectivity index (χ4v) is 2.42. The molecule has 0 aromatic carbocycles. The van der Waals surface area contributed by atoms with Crippen molar-refractivity contribution in [1.29, 1.82) is 0 Å². The van der Waals surface area contributed by atoms with Gasteiger partial charge in [-0.1, -0.05) is 0 Å². The van der Waals surface area contributed by atoms with E-state index in [-0.39, 0.29) is 0 Å². The SMILES string of the molecule is C[C@@H]1[C@H](NC(=O)OC(C)(C)C)C(=O)N1S(=O)(=O)O. The van der Waals surface area contributed by atoms with Crippen molar-refractivity contribution in [2.45, 2.75) is 45.4 Å². The van der Waals surface area contributed by atoms with Crippen molar-refractivity contribution in [3.63, 3.8) is 0 Å². The van der Waals surface area contributed by atoms with Gasteiger partial charge in [-0.15, -0.1) is 0 Å². The molecule has 1 aliphatic rings. The maximum atomic E-state index is 11.4. The standard InChI is InChI=1S/C9H16N2O6S/c1-5-6(7(12)11(5)18(14,15)16)10-8(13)17-9(2,3)4/h5-6H,1-4H3,(H,10,13)(H,14,15,16)/t5-,6+/m1/s1. The topological polar surface area (TPSA) is 113 Å². The third kappa shape index (κ3) is 3.10. The van der Waals surface area contributed by atoms with Crippen LogP contribution in [0.4, 0.5) is 4.79 Å². The van der Waals surface area contributed by atoms with Gasteiger partial charge in [-0.3, -0.25) is 9.35 Å². The molecular formula is C9H16N2O6S. The van der Waals surface area contributed by atoms with Gasteiger partial charge in [0.05, 0.1) is 6.04 Å². The summed E-state index contributed by atoms with van der Waals surface area (Å²) in [5.41, 5.74) is -0.719. The van der Waals surface area contributed by atoms with E-state index in [1.165, 1.54) is 6.92 Å². The molecule has 2 atom stereocenters. The van der Waals surface area contributed by atoms with Crippen LogP contribution in [-0.2, 0) is 19.8 Å². The lowest BCUT2D eigenvalue weighted by Gasteiger charge is -2.42. The Labute approximate surface area is 105 Å². The number of amides is 2. The highest BCUT2D eigenvalue weighted by Crippen LogP contribution is 2.23. The minimum Gasteiger partial charge on any atom is -0.444 e. The zero-order valence-electron chi connectivity index (χ0n) is 10.5. The second kappa shape index (κ2) is 4.39. The maximum Gasteiger partial charge on any atom is 0.408 e. The lowest BCUT2D eigenvalue weighted by atomic mass is 10.0. The third-order valence-electron chi connectivity index (χ3n) is 2.26. The highest BCUT2D eigenvalue weighted by molar-refractivity contribution is 7.84. The average molecular weight is 280 g/mol. The monoisotopic (exact) mass is 280 g/mol. The van der Waals surface area contributed by atoms with Gasteiger partial charge in [-0.2, -0.15) is 8.42 Å². The molecule has 1 saturated heterocycles. The number of carbonyl (C=O) groups is 2. The van der Waals surface area contributed by atoms with Gasteiger partial charge in [0.2, 0.25) is 0 Å². The van der Waals surface area contributed by atoms with Crippen LogP contribution in [0.1, 0.15) is 27.7 Å². The molecule has 0 aliphatic carbocycles. The van der Waals surface area contributed by atoms with Gasteiger partial charge in [0, 0.05) is 0 Å². The van der Waals surface area contributed by atoms with E-state index in [4.69, 9.17) is 9.29 Å². The van der Waals surface area contributed by atoms with Crippen molar-refractivity contribution < 1.29 is 27.3 Å². The minimum atomic E-state index is -4.58. The smallest absolute Gasteiger partial charge is 0.408 e. The van der Waals surface area contributed by atoms with Crippen molar-refractivity contribution in [3.8, 4) is 0 Å². The summed E-state index contributed by atoms with van der Waals surface area (Å²) in [4.78, 5) is 22.8. The van der Waals surface area contributed by atoms with Crippen LogP contribution in [0.2, 0.25) is 0 Å². The van der Waals surface area contributed by atoms with Crippen molar-refractivity contribution >= 4 is 22.3 Å². The molecule has 2 amide bonds. The Morgan fingerprint density at radius 1 is 1.44 bits per heavy atom. The van der Waals surface area contributed by atoms with E-state index in [9.17, 15) is 18.0 Å². The molecule has 1 fully saturated rings. The van der Waals surface area contributed by atoms with Crippen LogP contribution in [0.5, 0.6) is 0 Å². The Bertz CT molecular complexity index is 466. The fraction of sp³-hybridized carbons (Fsp3) is 0.778. The summed E-state index contributed by atoms with van der Waals surface area (Å²) in [6.45, 7) is 6.35. The van der Waals surface area contributed by atoms with Gasteiger partial charge in [0.15, 0.2) is 0 Å². The first-order valence-electron chi connectivity index (χ1n) is 5.23. The van der Waals surface area contributed by atoms with Crippen LogP contribution in [0.15, 0.2) is 0 Å². The Morgan fingerprint density at radius 3 is 2.28 bits per heavy atom. The van der Waals surface area contributed by atoms with Crippen molar-refractivity contribution in [2.24, 2.45) is 0 Å². The molecule has 0 spiro atoms. The quantitative estimate of drug-likeness (QED) is 0.540. The Balaban J connectivity index is 2.63. The summed E-state index contributed by atoms with van der Waals surface area (Å²) in [7, 11) is -4.58. The number of nitrogens with zero attached hydrogens (tertiary/aromatic N) is 1. The molecule has 1 aliphatic heterocycles. The van der Waals surface area contributed by atoms with Crippen molar-refractivity contribution in [2.75, 3.05) is 0 Å². The second-order valence-electron chi connectivity index (χ2n) is 4.98. The van der Waals surface area contributed by atoms with Crippen LogP contribution < -0.4 is 5.32 Å². The molecule has 0 aromatic rings. The molecule has 0 aromatic heterocycles.